The van der Waals surface area contributed by atoms with Gasteiger partial charge in [-0.3, -0.25) is 0 Å². The van der Waals surface area contributed by atoms with Crippen LogP contribution in [0.5, 0.6) is 5.75 Å². The highest BCUT2D eigenvalue weighted by atomic mass is 16.5. The fraction of sp³-hybridized carbons (Fsp3) is 0.368. The van der Waals surface area contributed by atoms with Crippen LogP contribution in [0.2, 0.25) is 0 Å². The highest BCUT2D eigenvalue weighted by molar-refractivity contribution is 5.35. The van der Waals surface area contributed by atoms with Crippen LogP contribution < -0.4 is 10.1 Å². The summed E-state index contributed by atoms with van der Waals surface area (Å²) in [4.78, 5) is 0. The van der Waals surface area contributed by atoms with E-state index in [1.165, 1.54) is 5.56 Å². The van der Waals surface area contributed by atoms with E-state index in [1.54, 1.807) is 0 Å². The van der Waals surface area contributed by atoms with Crippen molar-refractivity contribution < 1.29 is 9.84 Å². The molecule has 0 bridgehead atoms. The van der Waals surface area contributed by atoms with Gasteiger partial charge >= 0.3 is 0 Å². The minimum absolute atomic E-state index is 0.205. The molecule has 0 amide bonds. The summed E-state index contributed by atoms with van der Waals surface area (Å²) in [6, 6.07) is 16.5. The molecule has 3 heteroatoms. The Morgan fingerprint density at radius 3 is 2.55 bits per heavy atom. The van der Waals surface area contributed by atoms with Crippen LogP contribution >= 0.6 is 0 Å². The highest BCUT2D eigenvalue weighted by Crippen LogP contribution is 2.19. The fourth-order valence-corrected chi connectivity index (χ4v) is 2.28. The van der Waals surface area contributed by atoms with Crippen molar-refractivity contribution in [1.29, 1.82) is 0 Å². The van der Waals surface area contributed by atoms with E-state index in [-0.39, 0.29) is 6.04 Å². The molecule has 2 aromatic carbocycles. The summed E-state index contributed by atoms with van der Waals surface area (Å²) in [5.41, 5.74) is 3.46. The third-order valence-electron chi connectivity index (χ3n) is 3.73. The third kappa shape index (κ3) is 4.86. The maximum Gasteiger partial charge on any atom is 0.122 e. The van der Waals surface area contributed by atoms with E-state index in [2.05, 4.69) is 30.4 Å². The Labute approximate surface area is 133 Å². The number of ether oxygens (including phenoxy) is 1. The van der Waals surface area contributed by atoms with Gasteiger partial charge in [0.25, 0.3) is 0 Å². The van der Waals surface area contributed by atoms with E-state index in [9.17, 15) is 5.11 Å². The quantitative estimate of drug-likeness (QED) is 0.823. The van der Waals surface area contributed by atoms with E-state index in [0.717, 1.165) is 16.9 Å². The Morgan fingerprint density at radius 1 is 1.09 bits per heavy atom. The third-order valence-corrected chi connectivity index (χ3v) is 3.73. The molecule has 0 radical (unpaired) electrons. The van der Waals surface area contributed by atoms with Gasteiger partial charge < -0.3 is 15.2 Å². The molecule has 0 aliphatic heterocycles. The predicted octanol–water partition coefficient (Wildman–Crippen LogP) is 3.39. The molecule has 0 unspecified atom stereocenters. The van der Waals surface area contributed by atoms with Gasteiger partial charge in [0, 0.05) is 12.6 Å². The van der Waals surface area contributed by atoms with Crippen molar-refractivity contribution in [2.24, 2.45) is 0 Å². The molecule has 0 spiro atoms. The Hall–Kier alpha value is -1.84. The summed E-state index contributed by atoms with van der Waals surface area (Å²) in [6.45, 7) is 6.93. The smallest absolute Gasteiger partial charge is 0.122 e. The molecule has 22 heavy (non-hydrogen) atoms. The van der Waals surface area contributed by atoms with E-state index < -0.39 is 6.10 Å². The molecule has 0 heterocycles. The molecule has 0 saturated heterocycles. The molecule has 0 fully saturated rings. The van der Waals surface area contributed by atoms with Crippen LogP contribution in [-0.2, 0) is 0 Å². The number of aliphatic hydroxyl groups is 1. The maximum absolute atomic E-state index is 10.1. The van der Waals surface area contributed by atoms with Gasteiger partial charge in [-0.1, -0.05) is 42.5 Å². The summed E-state index contributed by atoms with van der Waals surface area (Å²) in [7, 11) is 0. The first-order valence-electron chi connectivity index (χ1n) is 7.72. The SMILES string of the molecule is Cc1ccc(C)c(OC[C@@H](O)CN[C@@H](C)c2ccccc2)c1. The molecule has 2 atom stereocenters. The van der Waals surface area contributed by atoms with E-state index >= 15 is 0 Å². The largest absolute Gasteiger partial charge is 0.491 e. The van der Waals surface area contributed by atoms with E-state index in [4.69, 9.17) is 4.74 Å². The van der Waals surface area contributed by atoms with Crippen molar-refractivity contribution in [2.45, 2.75) is 32.9 Å². The lowest BCUT2D eigenvalue weighted by molar-refractivity contribution is 0.104. The van der Waals surface area contributed by atoms with E-state index in [1.807, 2.05) is 44.2 Å². The number of benzene rings is 2. The molecule has 0 aliphatic rings. The summed E-state index contributed by atoms with van der Waals surface area (Å²) in [5, 5.41) is 13.4. The second kappa shape index (κ2) is 7.97. The lowest BCUT2D eigenvalue weighted by Crippen LogP contribution is -2.33. The minimum atomic E-state index is -0.536. The Morgan fingerprint density at radius 2 is 1.82 bits per heavy atom. The van der Waals surface area contributed by atoms with Gasteiger partial charge in [0.2, 0.25) is 0 Å². The van der Waals surface area contributed by atoms with Gasteiger partial charge in [-0.05, 0) is 43.5 Å². The molecule has 0 saturated carbocycles. The average Bonchev–Trinajstić information content (AvgIpc) is 2.54. The molecule has 118 valence electrons. The summed E-state index contributed by atoms with van der Waals surface area (Å²) < 4.78 is 5.73. The first-order valence-corrected chi connectivity index (χ1v) is 7.72. The maximum atomic E-state index is 10.1. The van der Waals surface area contributed by atoms with Gasteiger partial charge in [0.15, 0.2) is 0 Å². The van der Waals surface area contributed by atoms with Crippen molar-refractivity contribution >= 4 is 0 Å². The predicted molar refractivity (Wildman–Crippen MR) is 90.3 cm³/mol. The zero-order valence-electron chi connectivity index (χ0n) is 13.5. The number of hydrogen-bond donors (Lipinski definition) is 2. The van der Waals surface area contributed by atoms with Gasteiger partial charge in [0.05, 0.1) is 0 Å². The first kappa shape index (κ1) is 16.5. The minimum Gasteiger partial charge on any atom is -0.491 e. The van der Waals surface area contributed by atoms with Crippen LogP contribution in [0.3, 0.4) is 0 Å². The van der Waals surface area contributed by atoms with Gasteiger partial charge in [-0.15, -0.1) is 0 Å². The van der Waals surface area contributed by atoms with Gasteiger partial charge in [-0.25, -0.2) is 0 Å². The second-order valence-corrected chi connectivity index (χ2v) is 5.77. The molecule has 0 aromatic heterocycles. The number of aliphatic hydroxyl groups excluding tert-OH is 1. The van der Waals surface area contributed by atoms with Crippen LogP contribution in [0.15, 0.2) is 48.5 Å². The monoisotopic (exact) mass is 299 g/mol. The Kier molecular flexibility index (Phi) is 5.99. The van der Waals surface area contributed by atoms with Crippen LogP contribution in [-0.4, -0.2) is 24.4 Å². The molecule has 0 aliphatic carbocycles. The van der Waals surface area contributed by atoms with Crippen molar-refractivity contribution in [3.05, 3.63) is 65.2 Å². The lowest BCUT2D eigenvalue weighted by atomic mass is 10.1. The van der Waals surface area contributed by atoms with Crippen molar-refractivity contribution in [3.8, 4) is 5.75 Å². The number of hydrogen-bond acceptors (Lipinski definition) is 3. The number of rotatable bonds is 7. The zero-order chi connectivity index (χ0) is 15.9. The van der Waals surface area contributed by atoms with Crippen LogP contribution in [0, 0.1) is 13.8 Å². The number of nitrogens with one attached hydrogen (secondary N) is 1. The van der Waals surface area contributed by atoms with Gasteiger partial charge in [0.1, 0.15) is 18.5 Å². The van der Waals surface area contributed by atoms with Crippen molar-refractivity contribution in [1.82, 2.24) is 5.32 Å². The molecule has 2 N–H and O–H groups in total. The molecular weight excluding hydrogens is 274 g/mol. The second-order valence-electron chi connectivity index (χ2n) is 5.77. The standard InChI is InChI=1S/C19H25NO2/c1-14-9-10-15(2)19(11-14)22-13-18(21)12-20-16(3)17-7-5-4-6-8-17/h4-11,16,18,20-21H,12-13H2,1-3H3/t16-,18-/m0/s1. The van der Waals surface area contributed by atoms with E-state index in [0.29, 0.717) is 13.2 Å². The fourth-order valence-electron chi connectivity index (χ4n) is 2.28. The topological polar surface area (TPSA) is 41.5 Å². The normalized spacial score (nSPS) is 13.6. The van der Waals surface area contributed by atoms with Crippen LogP contribution in [0.1, 0.15) is 29.7 Å². The van der Waals surface area contributed by atoms with Crippen molar-refractivity contribution in [3.63, 3.8) is 0 Å². The van der Waals surface area contributed by atoms with Gasteiger partial charge in [-0.2, -0.15) is 0 Å². The molecule has 2 rings (SSSR count). The Bertz CT molecular complexity index is 583. The number of aryl methyl sites for hydroxylation is 2. The molecule has 3 nitrogen and oxygen atoms in total. The summed E-state index contributed by atoms with van der Waals surface area (Å²) in [5.74, 6) is 0.843. The highest BCUT2D eigenvalue weighted by Gasteiger charge is 2.10. The zero-order valence-corrected chi connectivity index (χ0v) is 13.5. The lowest BCUT2D eigenvalue weighted by Gasteiger charge is -2.18. The van der Waals surface area contributed by atoms with Crippen molar-refractivity contribution in [2.75, 3.05) is 13.2 Å². The average molecular weight is 299 g/mol. The Balaban J connectivity index is 1.78. The van der Waals surface area contributed by atoms with Crippen LogP contribution in [0.4, 0.5) is 0 Å². The first-order chi connectivity index (χ1) is 10.6. The summed E-state index contributed by atoms with van der Waals surface area (Å²) >= 11 is 0. The molecule has 2 aromatic rings. The summed E-state index contributed by atoms with van der Waals surface area (Å²) in [6.07, 6.45) is -0.536. The molecular formula is C19H25NO2. The van der Waals surface area contributed by atoms with Crippen LogP contribution in [0.25, 0.3) is 0 Å².